The van der Waals surface area contributed by atoms with Crippen LogP contribution in [0.15, 0.2) is 18.3 Å². The molecule has 5 heteroatoms. The van der Waals surface area contributed by atoms with Crippen LogP contribution in [0, 0.1) is 5.82 Å². The summed E-state index contributed by atoms with van der Waals surface area (Å²) in [4.78, 5) is 8.81. The van der Waals surface area contributed by atoms with E-state index in [1.165, 1.54) is 12.3 Å². The van der Waals surface area contributed by atoms with Crippen LogP contribution in [0.1, 0.15) is 12.8 Å². The van der Waals surface area contributed by atoms with Gasteiger partial charge in [0, 0.05) is 19.6 Å². The van der Waals surface area contributed by atoms with Crippen LogP contribution in [-0.2, 0) is 0 Å². The van der Waals surface area contributed by atoms with E-state index in [1.807, 2.05) is 0 Å². The van der Waals surface area contributed by atoms with Crippen molar-refractivity contribution in [1.82, 2.24) is 9.88 Å². The molecule has 1 saturated heterocycles. The van der Waals surface area contributed by atoms with Gasteiger partial charge in [0.05, 0.1) is 6.20 Å². The summed E-state index contributed by atoms with van der Waals surface area (Å²) in [6.45, 7) is 5.89. The number of hydrogen-bond acceptors (Lipinski definition) is 4. The second kappa shape index (κ2) is 6.66. The Morgan fingerprint density at radius 1 is 1.22 bits per heavy atom. The summed E-state index contributed by atoms with van der Waals surface area (Å²) in [6, 6.07) is 3.23. The molecule has 4 nitrogen and oxygen atoms in total. The molecule has 0 saturated carbocycles. The van der Waals surface area contributed by atoms with E-state index in [1.54, 1.807) is 6.07 Å². The predicted octanol–water partition coefficient (Wildman–Crippen LogP) is 1.08. The molecule has 2 N–H and O–H groups in total. The van der Waals surface area contributed by atoms with Crippen LogP contribution in [0.5, 0.6) is 0 Å². The smallest absolute Gasteiger partial charge is 0.141 e. The van der Waals surface area contributed by atoms with E-state index in [-0.39, 0.29) is 5.82 Å². The van der Waals surface area contributed by atoms with Crippen LogP contribution >= 0.6 is 0 Å². The number of aromatic nitrogens is 1. The van der Waals surface area contributed by atoms with Crippen LogP contribution in [0.3, 0.4) is 0 Å². The zero-order valence-corrected chi connectivity index (χ0v) is 10.7. The van der Waals surface area contributed by atoms with E-state index in [9.17, 15) is 4.39 Å². The Kier molecular flexibility index (Phi) is 4.90. The van der Waals surface area contributed by atoms with Gasteiger partial charge in [-0.1, -0.05) is 0 Å². The zero-order valence-electron chi connectivity index (χ0n) is 10.7. The maximum atomic E-state index is 12.8. The van der Waals surface area contributed by atoms with Gasteiger partial charge in [0.25, 0.3) is 0 Å². The van der Waals surface area contributed by atoms with Gasteiger partial charge in [-0.05, 0) is 44.6 Å². The monoisotopic (exact) mass is 252 g/mol. The highest BCUT2D eigenvalue weighted by Crippen LogP contribution is 2.13. The van der Waals surface area contributed by atoms with Crippen molar-refractivity contribution in [2.45, 2.75) is 12.8 Å². The molecular formula is C13H21FN4. The largest absolute Gasteiger partial charge is 0.355 e. The first-order valence-electron chi connectivity index (χ1n) is 6.58. The Morgan fingerprint density at radius 3 is 2.83 bits per heavy atom. The Balaban J connectivity index is 1.90. The highest BCUT2D eigenvalue weighted by molar-refractivity contribution is 5.38. The van der Waals surface area contributed by atoms with Crippen LogP contribution in [0.2, 0.25) is 0 Å². The van der Waals surface area contributed by atoms with Crippen LogP contribution in [-0.4, -0.2) is 49.2 Å². The number of anilines is 1. The van der Waals surface area contributed by atoms with Crippen molar-refractivity contribution in [3.8, 4) is 0 Å². The van der Waals surface area contributed by atoms with Crippen LogP contribution < -0.4 is 10.6 Å². The summed E-state index contributed by atoms with van der Waals surface area (Å²) in [5.41, 5.74) is 5.53. The maximum Gasteiger partial charge on any atom is 0.141 e. The Hall–Kier alpha value is -1.20. The van der Waals surface area contributed by atoms with Crippen molar-refractivity contribution in [2.24, 2.45) is 5.73 Å². The molecule has 2 rings (SSSR count). The van der Waals surface area contributed by atoms with Gasteiger partial charge in [-0.15, -0.1) is 0 Å². The topological polar surface area (TPSA) is 45.4 Å². The number of nitrogens with zero attached hydrogens (tertiary/aromatic N) is 3. The van der Waals surface area contributed by atoms with Crippen LogP contribution in [0.25, 0.3) is 0 Å². The fraction of sp³-hybridized carbons (Fsp3) is 0.615. The average molecular weight is 252 g/mol. The zero-order chi connectivity index (χ0) is 12.8. The molecule has 0 radical (unpaired) electrons. The summed E-state index contributed by atoms with van der Waals surface area (Å²) < 4.78 is 12.8. The minimum atomic E-state index is -0.279. The summed E-state index contributed by atoms with van der Waals surface area (Å²) >= 11 is 0. The molecule has 0 aromatic carbocycles. The minimum absolute atomic E-state index is 0.279. The van der Waals surface area contributed by atoms with E-state index < -0.39 is 0 Å². The van der Waals surface area contributed by atoms with Crippen molar-refractivity contribution < 1.29 is 4.39 Å². The number of hydrogen-bond donors (Lipinski definition) is 1. The minimum Gasteiger partial charge on any atom is -0.355 e. The summed E-state index contributed by atoms with van der Waals surface area (Å²) in [7, 11) is 0. The van der Waals surface area contributed by atoms with E-state index in [0.717, 1.165) is 57.9 Å². The van der Waals surface area contributed by atoms with Crippen molar-refractivity contribution in [1.29, 1.82) is 0 Å². The number of rotatable bonds is 4. The van der Waals surface area contributed by atoms with Crippen molar-refractivity contribution in [2.75, 3.05) is 44.2 Å². The van der Waals surface area contributed by atoms with Crippen molar-refractivity contribution >= 4 is 5.82 Å². The lowest BCUT2D eigenvalue weighted by atomic mass is 10.3. The van der Waals surface area contributed by atoms with Gasteiger partial charge in [0.1, 0.15) is 11.6 Å². The van der Waals surface area contributed by atoms with Crippen molar-refractivity contribution in [3.63, 3.8) is 0 Å². The molecule has 0 atom stereocenters. The molecule has 1 aliphatic heterocycles. The van der Waals surface area contributed by atoms with E-state index in [4.69, 9.17) is 5.73 Å². The second-order valence-corrected chi connectivity index (χ2v) is 4.66. The maximum absolute atomic E-state index is 12.8. The van der Waals surface area contributed by atoms with Crippen LogP contribution in [0.4, 0.5) is 10.2 Å². The number of pyridine rings is 1. The highest BCUT2D eigenvalue weighted by Gasteiger charge is 2.15. The first-order chi connectivity index (χ1) is 8.79. The molecule has 0 amide bonds. The number of nitrogens with two attached hydrogens (primary N) is 1. The lowest BCUT2D eigenvalue weighted by molar-refractivity contribution is 0.291. The first kappa shape index (κ1) is 13.2. The predicted molar refractivity (Wildman–Crippen MR) is 71.1 cm³/mol. The normalized spacial score (nSPS) is 17.8. The molecule has 1 aromatic heterocycles. The van der Waals surface area contributed by atoms with E-state index >= 15 is 0 Å². The average Bonchev–Trinajstić information content (AvgIpc) is 2.63. The molecule has 1 aliphatic rings. The van der Waals surface area contributed by atoms with Gasteiger partial charge in [-0.3, -0.25) is 0 Å². The first-order valence-corrected chi connectivity index (χ1v) is 6.58. The molecule has 1 fully saturated rings. The summed E-state index contributed by atoms with van der Waals surface area (Å²) in [5, 5.41) is 0. The molecule has 0 unspecified atom stereocenters. The molecule has 1 aromatic rings. The highest BCUT2D eigenvalue weighted by atomic mass is 19.1. The van der Waals surface area contributed by atoms with Gasteiger partial charge < -0.3 is 15.5 Å². The Morgan fingerprint density at radius 2 is 2.11 bits per heavy atom. The summed E-state index contributed by atoms with van der Waals surface area (Å²) in [5.74, 6) is 0.593. The Labute approximate surface area is 108 Å². The molecule has 0 spiro atoms. The molecule has 2 heterocycles. The fourth-order valence-corrected chi connectivity index (χ4v) is 2.29. The van der Waals surface area contributed by atoms with E-state index in [0.29, 0.717) is 0 Å². The number of halogens is 1. The Bertz CT molecular complexity index is 355. The molecule has 18 heavy (non-hydrogen) atoms. The second-order valence-electron chi connectivity index (χ2n) is 4.66. The van der Waals surface area contributed by atoms with Gasteiger partial charge in [-0.25, -0.2) is 9.37 Å². The van der Waals surface area contributed by atoms with Gasteiger partial charge in [-0.2, -0.15) is 0 Å². The standard InChI is InChI=1S/C13H21FN4/c14-12-3-4-13(16-11-12)18-8-2-7-17(9-10-18)6-1-5-15/h3-4,11H,1-2,5-10,15H2. The van der Waals surface area contributed by atoms with Gasteiger partial charge in [0.2, 0.25) is 0 Å². The lowest BCUT2D eigenvalue weighted by Crippen LogP contribution is -2.32. The lowest BCUT2D eigenvalue weighted by Gasteiger charge is -2.22. The molecule has 0 aliphatic carbocycles. The molecule has 0 bridgehead atoms. The van der Waals surface area contributed by atoms with Crippen molar-refractivity contribution in [3.05, 3.63) is 24.1 Å². The van der Waals surface area contributed by atoms with E-state index in [2.05, 4.69) is 14.8 Å². The quantitative estimate of drug-likeness (QED) is 0.871. The molecule has 100 valence electrons. The third-order valence-corrected chi connectivity index (χ3v) is 3.30. The fourth-order valence-electron chi connectivity index (χ4n) is 2.29. The third-order valence-electron chi connectivity index (χ3n) is 3.30. The van der Waals surface area contributed by atoms with Gasteiger partial charge >= 0.3 is 0 Å². The molecular weight excluding hydrogens is 231 g/mol. The summed E-state index contributed by atoms with van der Waals surface area (Å²) in [6.07, 6.45) is 3.45. The SMILES string of the molecule is NCCCN1CCCN(c2ccc(F)cn2)CC1. The van der Waals surface area contributed by atoms with Gasteiger partial charge in [0.15, 0.2) is 0 Å². The third kappa shape index (κ3) is 3.65.